The van der Waals surface area contributed by atoms with Gasteiger partial charge in [0.15, 0.2) is 11.5 Å². The van der Waals surface area contributed by atoms with Crippen molar-refractivity contribution >= 4 is 28.5 Å². The first-order valence-electron chi connectivity index (χ1n) is 12.8. The van der Waals surface area contributed by atoms with E-state index in [1.54, 1.807) is 26.4 Å². The lowest BCUT2D eigenvalue weighted by Crippen LogP contribution is -2.50. The molecule has 8 nitrogen and oxygen atoms in total. The second-order valence-corrected chi connectivity index (χ2v) is 9.46. The number of aromatic nitrogens is 1. The molecular formula is C30H31F3N4O4. The van der Waals surface area contributed by atoms with Gasteiger partial charge < -0.3 is 30.0 Å². The monoisotopic (exact) mass is 568 g/mol. The van der Waals surface area contributed by atoms with Crippen molar-refractivity contribution in [1.29, 1.82) is 0 Å². The van der Waals surface area contributed by atoms with Gasteiger partial charge in [-0.15, -0.1) is 0 Å². The molecule has 0 saturated carbocycles. The topological polar surface area (TPSA) is 95.7 Å². The molecule has 3 N–H and O–H groups in total. The van der Waals surface area contributed by atoms with Gasteiger partial charge in [-0.05, 0) is 47.9 Å². The van der Waals surface area contributed by atoms with Crippen LogP contribution < -0.4 is 20.1 Å². The highest BCUT2D eigenvalue weighted by Crippen LogP contribution is 2.34. The number of amides is 3. The molecule has 216 valence electrons. The first-order chi connectivity index (χ1) is 19.6. The zero-order valence-corrected chi connectivity index (χ0v) is 22.8. The third-order valence-corrected chi connectivity index (χ3v) is 6.74. The predicted molar refractivity (Wildman–Crippen MR) is 150 cm³/mol. The van der Waals surface area contributed by atoms with E-state index in [0.29, 0.717) is 24.5 Å². The molecule has 0 aliphatic heterocycles. The Labute approximate surface area is 235 Å². The minimum absolute atomic E-state index is 0.123. The van der Waals surface area contributed by atoms with Crippen molar-refractivity contribution in [2.45, 2.75) is 25.1 Å². The number of aromatic amines is 1. The predicted octanol–water partition coefficient (Wildman–Crippen LogP) is 5.64. The van der Waals surface area contributed by atoms with Crippen LogP contribution in [0.25, 0.3) is 10.9 Å². The summed E-state index contributed by atoms with van der Waals surface area (Å²) in [5.41, 5.74) is 1.16. The molecule has 1 heterocycles. The standard InChI is InChI=1S/C30H31F3N4O4/c1-37(15-14-19-12-13-26(40-2)27(16-19)41-3)28(38)25(17-20-18-34-23-10-6-4-8-21(20)23)36-29(39)35-24-11-7-5-9-22(24)30(31,32)33/h4-13,16,18,25,34H,14-15,17H2,1-3H3,(H2,35,36,39). The molecule has 0 aliphatic rings. The summed E-state index contributed by atoms with van der Waals surface area (Å²) in [5.74, 6) is 0.755. The molecule has 41 heavy (non-hydrogen) atoms. The van der Waals surface area contributed by atoms with Gasteiger partial charge in [0.2, 0.25) is 5.91 Å². The maximum Gasteiger partial charge on any atom is 0.418 e. The van der Waals surface area contributed by atoms with Crippen LogP contribution in [0.2, 0.25) is 0 Å². The Kier molecular flexibility index (Phi) is 9.06. The summed E-state index contributed by atoms with van der Waals surface area (Å²) < 4.78 is 51.0. The lowest BCUT2D eigenvalue weighted by molar-refractivity contribution is -0.137. The molecule has 0 bridgehead atoms. The van der Waals surface area contributed by atoms with Crippen molar-refractivity contribution in [1.82, 2.24) is 15.2 Å². The minimum Gasteiger partial charge on any atom is -0.493 e. The third kappa shape index (κ3) is 7.10. The summed E-state index contributed by atoms with van der Waals surface area (Å²) >= 11 is 0. The molecule has 4 rings (SSSR count). The zero-order valence-electron chi connectivity index (χ0n) is 22.8. The molecule has 1 atom stereocenters. The van der Waals surface area contributed by atoms with E-state index < -0.39 is 35.4 Å². The molecule has 0 spiro atoms. The fourth-order valence-electron chi connectivity index (χ4n) is 4.59. The average molecular weight is 569 g/mol. The van der Waals surface area contributed by atoms with Gasteiger partial charge in [-0.3, -0.25) is 4.79 Å². The van der Waals surface area contributed by atoms with Crippen LogP contribution in [0.15, 0.2) is 72.9 Å². The van der Waals surface area contributed by atoms with Gasteiger partial charge in [-0.2, -0.15) is 13.2 Å². The number of carbonyl (C=O) groups is 2. The number of carbonyl (C=O) groups excluding carboxylic acids is 2. The molecule has 0 radical (unpaired) electrons. The van der Waals surface area contributed by atoms with E-state index >= 15 is 0 Å². The summed E-state index contributed by atoms with van der Waals surface area (Å²) in [5, 5.41) is 5.74. The lowest BCUT2D eigenvalue weighted by Gasteiger charge is -2.25. The zero-order chi connectivity index (χ0) is 29.6. The van der Waals surface area contributed by atoms with Gasteiger partial charge in [-0.1, -0.05) is 36.4 Å². The van der Waals surface area contributed by atoms with E-state index in [1.165, 1.54) is 24.1 Å². The molecule has 0 saturated heterocycles. The van der Waals surface area contributed by atoms with Gasteiger partial charge in [0, 0.05) is 37.1 Å². The molecular weight excluding hydrogens is 537 g/mol. The number of H-pyrrole nitrogens is 1. The van der Waals surface area contributed by atoms with Crippen molar-refractivity contribution in [3.63, 3.8) is 0 Å². The number of rotatable bonds is 10. The summed E-state index contributed by atoms with van der Waals surface area (Å²) in [6.45, 7) is 0.318. The Hall–Kier alpha value is -4.67. The van der Waals surface area contributed by atoms with Crippen molar-refractivity contribution in [2.75, 3.05) is 33.1 Å². The van der Waals surface area contributed by atoms with Gasteiger partial charge in [0.25, 0.3) is 0 Å². The number of benzene rings is 3. The van der Waals surface area contributed by atoms with Gasteiger partial charge in [0.1, 0.15) is 6.04 Å². The number of alkyl halides is 3. The Morgan fingerprint density at radius 2 is 1.68 bits per heavy atom. The molecule has 0 aliphatic carbocycles. The van der Waals surface area contributed by atoms with Crippen LogP contribution in [0, 0.1) is 0 Å². The number of hydrogen-bond donors (Lipinski definition) is 3. The normalized spacial score (nSPS) is 12.0. The van der Waals surface area contributed by atoms with E-state index in [9.17, 15) is 22.8 Å². The number of urea groups is 1. The largest absolute Gasteiger partial charge is 0.493 e. The second kappa shape index (κ2) is 12.7. The van der Waals surface area contributed by atoms with E-state index in [-0.39, 0.29) is 6.42 Å². The van der Waals surface area contributed by atoms with E-state index in [1.807, 2.05) is 36.4 Å². The van der Waals surface area contributed by atoms with Crippen LogP contribution in [0.1, 0.15) is 16.7 Å². The van der Waals surface area contributed by atoms with Crippen LogP contribution in [0.5, 0.6) is 11.5 Å². The molecule has 3 aromatic carbocycles. The Morgan fingerprint density at radius 3 is 2.41 bits per heavy atom. The molecule has 1 unspecified atom stereocenters. The number of likely N-dealkylation sites (N-methyl/N-ethyl adjacent to an activating group) is 1. The maximum atomic E-state index is 13.6. The summed E-state index contributed by atoms with van der Waals surface area (Å²) in [7, 11) is 4.70. The lowest BCUT2D eigenvalue weighted by atomic mass is 10.0. The van der Waals surface area contributed by atoms with Crippen LogP contribution >= 0.6 is 0 Å². The van der Waals surface area contributed by atoms with Crippen molar-refractivity contribution in [3.8, 4) is 11.5 Å². The number of methoxy groups -OCH3 is 2. The first kappa shape index (κ1) is 29.3. The molecule has 3 amide bonds. The van der Waals surface area contributed by atoms with Crippen LogP contribution in [-0.2, 0) is 23.8 Å². The third-order valence-electron chi connectivity index (χ3n) is 6.74. The first-order valence-corrected chi connectivity index (χ1v) is 12.8. The molecule has 11 heteroatoms. The van der Waals surface area contributed by atoms with Gasteiger partial charge in [0.05, 0.1) is 25.5 Å². The summed E-state index contributed by atoms with van der Waals surface area (Å²) in [6.07, 6.45) is -2.29. The van der Waals surface area contributed by atoms with Gasteiger partial charge >= 0.3 is 12.2 Å². The second-order valence-electron chi connectivity index (χ2n) is 9.46. The smallest absolute Gasteiger partial charge is 0.418 e. The Morgan fingerprint density at radius 1 is 0.976 bits per heavy atom. The number of anilines is 1. The Bertz CT molecular complexity index is 1520. The van der Waals surface area contributed by atoms with E-state index in [4.69, 9.17) is 9.47 Å². The quantitative estimate of drug-likeness (QED) is 0.231. The minimum atomic E-state index is -4.66. The van der Waals surface area contributed by atoms with Crippen LogP contribution in [0.3, 0.4) is 0 Å². The van der Waals surface area contributed by atoms with Crippen LogP contribution in [0.4, 0.5) is 23.7 Å². The molecule has 0 fully saturated rings. The highest BCUT2D eigenvalue weighted by Gasteiger charge is 2.34. The van der Waals surface area contributed by atoms with Crippen molar-refractivity contribution in [2.24, 2.45) is 0 Å². The number of para-hydroxylation sites is 2. The fourth-order valence-corrected chi connectivity index (χ4v) is 4.59. The SMILES string of the molecule is COc1ccc(CCN(C)C(=O)C(Cc2c[nH]c3ccccc23)NC(=O)Nc2ccccc2C(F)(F)F)cc1OC. The van der Waals surface area contributed by atoms with E-state index in [0.717, 1.165) is 34.2 Å². The number of nitrogens with zero attached hydrogens (tertiary/aromatic N) is 1. The number of fused-ring (bicyclic) bond motifs is 1. The van der Waals surface area contributed by atoms with Crippen molar-refractivity contribution < 1.29 is 32.2 Å². The average Bonchev–Trinajstić information content (AvgIpc) is 3.37. The highest BCUT2D eigenvalue weighted by atomic mass is 19.4. The maximum absolute atomic E-state index is 13.6. The highest BCUT2D eigenvalue weighted by molar-refractivity contribution is 5.95. The molecule has 1 aromatic heterocycles. The van der Waals surface area contributed by atoms with Crippen LogP contribution in [-0.4, -0.2) is 55.7 Å². The van der Waals surface area contributed by atoms with Gasteiger partial charge in [-0.25, -0.2) is 4.79 Å². The number of ether oxygens (including phenoxy) is 2. The number of hydrogen-bond acceptors (Lipinski definition) is 4. The molecule has 4 aromatic rings. The summed E-state index contributed by atoms with van der Waals surface area (Å²) in [4.78, 5) is 31.2. The van der Waals surface area contributed by atoms with Crippen molar-refractivity contribution in [3.05, 3.63) is 89.6 Å². The van der Waals surface area contributed by atoms with E-state index in [2.05, 4.69) is 15.6 Å². The summed E-state index contributed by atoms with van der Waals surface area (Å²) in [6, 6.07) is 15.7. The number of halogens is 3. The number of nitrogens with one attached hydrogen (secondary N) is 3. The Balaban J connectivity index is 1.53. The fraction of sp³-hybridized carbons (Fsp3) is 0.267.